The highest BCUT2D eigenvalue weighted by Crippen LogP contribution is 2.35. The fraction of sp³-hybridized carbons (Fsp3) is 0.385. The van der Waals surface area contributed by atoms with Crippen molar-refractivity contribution in [1.29, 1.82) is 0 Å². The Morgan fingerprint density at radius 2 is 2.06 bits per heavy atom. The number of carbonyl (C=O) groups excluding carboxylic acids is 1. The molecule has 1 N–H and O–H groups in total. The molecule has 1 aliphatic heterocycles. The van der Waals surface area contributed by atoms with E-state index in [0.29, 0.717) is 40.6 Å². The van der Waals surface area contributed by atoms with Gasteiger partial charge < -0.3 is 10.1 Å². The maximum atomic E-state index is 13.5. The van der Waals surface area contributed by atoms with Crippen LogP contribution in [0.5, 0.6) is 0 Å². The second kappa shape index (κ2) is 10.2. The molecule has 3 aromatic rings. The van der Waals surface area contributed by atoms with Crippen LogP contribution in [0.4, 0.5) is 0 Å². The Morgan fingerprint density at radius 1 is 1.24 bits per heavy atom. The smallest absolute Gasteiger partial charge is 0.272 e. The molecule has 5 nitrogen and oxygen atoms in total. The zero-order valence-electron chi connectivity index (χ0n) is 19.0. The standard InChI is InChI=1S/C26H27Cl2N3O2S/c1-16(17-6-3-2-4-7-17)29-26(32)24-21-15-33-14-18(12-20-8-5-11-34-20)25(21)31(30-24)23-10-9-19(27)13-22(23)28/h5,8-13,16-17H,2-4,6-7,14-15H2,1H3,(H,29,32)/b18-12+. The zero-order valence-corrected chi connectivity index (χ0v) is 21.3. The van der Waals surface area contributed by atoms with Gasteiger partial charge in [-0.05, 0) is 61.4 Å². The number of thiophene rings is 1. The van der Waals surface area contributed by atoms with Crippen LogP contribution in [0.15, 0.2) is 35.7 Å². The molecule has 178 valence electrons. The number of aromatic nitrogens is 2. The summed E-state index contributed by atoms with van der Waals surface area (Å²) >= 11 is 14.4. The van der Waals surface area contributed by atoms with E-state index >= 15 is 0 Å². The number of benzene rings is 1. The van der Waals surface area contributed by atoms with Gasteiger partial charge in [-0.2, -0.15) is 5.10 Å². The van der Waals surface area contributed by atoms with Gasteiger partial charge in [0.15, 0.2) is 5.69 Å². The number of nitrogens with zero attached hydrogens (tertiary/aromatic N) is 2. The Bertz CT molecular complexity index is 1210. The maximum absolute atomic E-state index is 13.5. The van der Waals surface area contributed by atoms with E-state index in [9.17, 15) is 4.79 Å². The molecule has 5 rings (SSSR count). The Kier molecular flexibility index (Phi) is 7.11. The Morgan fingerprint density at radius 3 is 2.79 bits per heavy atom. The molecule has 1 aliphatic carbocycles. The summed E-state index contributed by atoms with van der Waals surface area (Å²) in [7, 11) is 0. The Hall–Kier alpha value is -2.12. The molecule has 1 saturated carbocycles. The third-order valence-corrected chi connectivity index (χ3v) is 8.08. The summed E-state index contributed by atoms with van der Waals surface area (Å²) in [5.41, 5.74) is 3.68. The first-order valence-corrected chi connectivity index (χ1v) is 13.3. The summed E-state index contributed by atoms with van der Waals surface area (Å²) in [6.07, 6.45) is 8.16. The molecule has 2 aromatic heterocycles. The molecule has 0 spiro atoms. The molecular formula is C26H27Cl2N3O2S. The maximum Gasteiger partial charge on any atom is 0.272 e. The highest BCUT2D eigenvalue weighted by Gasteiger charge is 2.31. The van der Waals surface area contributed by atoms with Crippen molar-refractivity contribution < 1.29 is 9.53 Å². The van der Waals surface area contributed by atoms with Gasteiger partial charge in [0.05, 0.1) is 29.6 Å². The van der Waals surface area contributed by atoms with E-state index in [1.807, 2.05) is 17.5 Å². The normalized spacial score (nSPS) is 18.6. The van der Waals surface area contributed by atoms with Crippen molar-refractivity contribution in [3.05, 3.63) is 67.6 Å². The molecule has 2 aliphatic rings. The zero-order chi connectivity index (χ0) is 23.7. The van der Waals surface area contributed by atoms with Crippen molar-refractivity contribution in [3.8, 4) is 5.69 Å². The molecule has 1 fully saturated rings. The molecule has 8 heteroatoms. The molecule has 3 heterocycles. The minimum Gasteiger partial charge on any atom is -0.372 e. The summed E-state index contributed by atoms with van der Waals surface area (Å²) < 4.78 is 7.69. The van der Waals surface area contributed by atoms with Gasteiger partial charge in [-0.25, -0.2) is 4.68 Å². The Labute approximate surface area is 213 Å². The topological polar surface area (TPSA) is 56.2 Å². The predicted octanol–water partition coefficient (Wildman–Crippen LogP) is 7.01. The number of nitrogens with one attached hydrogen (secondary N) is 1. The highest BCUT2D eigenvalue weighted by atomic mass is 35.5. The highest BCUT2D eigenvalue weighted by molar-refractivity contribution is 7.10. The number of hydrogen-bond acceptors (Lipinski definition) is 4. The molecule has 34 heavy (non-hydrogen) atoms. The molecule has 0 saturated heterocycles. The van der Waals surface area contributed by atoms with Crippen LogP contribution in [0.2, 0.25) is 10.0 Å². The van der Waals surface area contributed by atoms with Gasteiger partial charge in [-0.15, -0.1) is 11.3 Å². The van der Waals surface area contributed by atoms with E-state index in [1.54, 1.807) is 28.2 Å². The first-order chi connectivity index (χ1) is 16.5. The van der Waals surface area contributed by atoms with Gasteiger partial charge in [-0.1, -0.05) is 48.5 Å². The minimum absolute atomic E-state index is 0.0957. The SMILES string of the molecule is CC(NC(=O)c1nn(-c2ccc(Cl)cc2Cl)c2c1COC/C2=C\c1cccs1)C1CCCCC1. The van der Waals surface area contributed by atoms with E-state index < -0.39 is 0 Å². The lowest BCUT2D eigenvalue weighted by Gasteiger charge is -2.28. The van der Waals surface area contributed by atoms with Crippen LogP contribution in [-0.2, 0) is 11.3 Å². The quantitative estimate of drug-likeness (QED) is 0.397. The van der Waals surface area contributed by atoms with Crippen LogP contribution in [0.1, 0.15) is 65.7 Å². The van der Waals surface area contributed by atoms with Crippen LogP contribution in [0.3, 0.4) is 0 Å². The average Bonchev–Trinajstić information content (AvgIpc) is 3.48. The number of fused-ring (bicyclic) bond motifs is 1. The van der Waals surface area contributed by atoms with Crippen LogP contribution in [-0.4, -0.2) is 28.3 Å². The summed E-state index contributed by atoms with van der Waals surface area (Å²) in [4.78, 5) is 14.6. The van der Waals surface area contributed by atoms with E-state index in [2.05, 4.69) is 24.4 Å². The van der Waals surface area contributed by atoms with E-state index in [1.165, 1.54) is 19.3 Å². The summed E-state index contributed by atoms with van der Waals surface area (Å²) in [6.45, 7) is 2.86. The first-order valence-electron chi connectivity index (χ1n) is 11.7. The number of carbonyl (C=O) groups is 1. The van der Waals surface area contributed by atoms with Gasteiger partial charge in [0, 0.05) is 27.1 Å². The lowest BCUT2D eigenvalue weighted by molar-refractivity contribution is 0.0906. The van der Waals surface area contributed by atoms with Crippen LogP contribution < -0.4 is 5.32 Å². The number of rotatable bonds is 5. The van der Waals surface area contributed by atoms with E-state index in [-0.39, 0.29) is 11.9 Å². The molecule has 1 unspecified atom stereocenters. The lowest BCUT2D eigenvalue weighted by Crippen LogP contribution is -2.39. The minimum atomic E-state index is -0.167. The predicted molar refractivity (Wildman–Crippen MR) is 139 cm³/mol. The summed E-state index contributed by atoms with van der Waals surface area (Å²) in [5, 5.41) is 11.1. The van der Waals surface area contributed by atoms with Crippen LogP contribution in [0, 0.1) is 5.92 Å². The summed E-state index contributed by atoms with van der Waals surface area (Å²) in [6, 6.07) is 9.48. The number of amides is 1. The van der Waals surface area contributed by atoms with Crippen molar-refractivity contribution in [2.45, 2.75) is 51.7 Å². The monoisotopic (exact) mass is 515 g/mol. The van der Waals surface area contributed by atoms with Gasteiger partial charge in [0.25, 0.3) is 5.91 Å². The fourth-order valence-corrected chi connectivity index (χ4v) is 6.11. The number of hydrogen-bond donors (Lipinski definition) is 1. The number of ether oxygens (including phenoxy) is 1. The first kappa shape index (κ1) is 23.6. The van der Waals surface area contributed by atoms with Crippen LogP contribution in [0.25, 0.3) is 17.3 Å². The van der Waals surface area contributed by atoms with Crippen molar-refractivity contribution in [3.63, 3.8) is 0 Å². The molecule has 0 bridgehead atoms. The largest absolute Gasteiger partial charge is 0.372 e. The lowest BCUT2D eigenvalue weighted by atomic mass is 9.84. The van der Waals surface area contributed by atoms with Gasteiger partial charge >= 0.3 is 0 Å². The fourth-order valence-electron chi connectivity index (χ4n) is 4.94. The summed E-state index contributed by atoms with van der Waals surface area (Å²) in [5.74, 6) is 0.339. The number of halogens is 2. The van der Waals surface area contributed by atoms with Crippen molar-refractivity contribution >= 4 is 52.1 Å². The molecule has 1 aromatic carbocycles. The van der Waals surface area contributed by atoms with Gasteiger partial charge in [0.1, 0.15) is 0 Å². The third kappa shape index (κ3) is 4.82. The van der Waals surface area contributed by atoms with Crippen molar-refractivity contribution in [1.82, 2.24) is 15.1 Å². The Balaban J connectivity index is 1.57. The van der Waals surface area contributed by atoms with E-state index in [4.69, 9.17) is 33.0 Å². The van der Waals surface area contributed by atoms with Crippen molar-refractivity contribution in [2.75, 3.05) is 6.61 Å². The third-order valence-electron chi connectivity index (χ3n) is 6.72. The van der Waals surface area contributed by atoms with Gasteiger partial charge in [-0.3, -0.25) is 4.79 Å². The average molecular weight is 516 g/mol. The van der Waals surface area contributed by atoms with Crippen molar-refractivity contribution in [2.24, 2.45) is 5.92 Å². The second-order valence-corrected chi connectivity index (χ2v) is 10.8. The van der Waals surface area contributed by atoms with Crippen LogP contribution >= 0.6 is 34.5 Å². The molecular weight excluding hydrogens is 489 g/mol. The molecule has 0 radical (unpaired) electrons. The second-order valence-electron chi connectivity index (χ2n) is 9.02. The van der Waals surface area contributed by atoms with Gasteiger partial charge in [0.2, 0.25) is 0 Å². The molecule has 1 amide bonds. The van der Waals surface area contributed by atoms with E-state index in [0.717, 1.165) is 34.5 Å². The molecule has 1 atom stereocenters.